The topological polar surface area (TPSA) is 126 Å². The highest BCUT2D eigenvalue weighted by Crippen LogP contribution is 2.33. The van der Waals surface area contributed by atoms with Crippen LogP contribution in [-0.4, -0.2) is 45.1 Å². The zero-order valence-electron chi connectivity index (χ0n) is 21.4. The summed E-state index contributed by atoms with van der Waals surface area (Å²) in [4.78, 5) is 36.1. The predicted molar refractivity (Wildman–Crippen MR) is 142 cm³/mol. The molecule has 206 valence electrons. The Labute approximate surface area is 227 Å². The summed E-state index contributed by atoms with van der Waals surface area (Å²) in [6, 6.07) is 13.8. The maximum atomic E-state index is 13.0. The lowest BCUT2D eigenvalue weighted by molar-refractivity contribution is -0.141. The van der Waals surface area contributed by atoms with Crippen LogP contribution < -0.4 is 15.4 Å². The van der Waals surface area contributed by atoms with E-state index in [1.165, 1.54) is 19.2 Å². The molecule has 12 heteroatoms. The number of hydrogen-bond donors (Lipinski definition) is 3. The Bertz CT molecular complexity index is 1560. The van der Waals surface area contributed by atoms with E-state index >= 15 is 0 Å². The highest BCUT2D eigenvalue weighted by molar-refractivity contribution is 6.04. The number of rotatable bonds is 8. The number of hydrogen-bond acceptors (Lipinski definition) is 7. The van der Waals surface area contributed by atoms with Gasteiger partial charge in [-0.05, 0) is 66.1 Å². The Morgan fingerprint density at radius 1 is 0.950 bits per heavy atom. The number of carbonyl (C=O) groups is 2. The maximum absolute atomic E-state index is 13.0. The summed E-state index contributed by atoms with van der Waals surface area (Å²) in [5.41, 5.74) is 2.30. The van der Waals surface area contributed by atoms with Crippen LogP contribution in [0, 0.1) is 6.92 Å². The van der Waals surface area contributed by atoms with E-state index < -0.39 is 17.8 Å². The molecule has 3 N–H and O–H groups in total. The Hall–Kier alpha value is -4.84. The van der Waals surface area contributed by atoms with Crippen molar-refractivity contribution in [3.8, 4) is 28.3 Å². The van der Waals surface area contributed by atoms with Gasteiger partial charge in [0.15, 0.2) is 0 Å². The molecule has 0 unspecified atom stereocenters. The van der Waals surface area contributed by atoms with Crippen LogP contribution in [0.25, 0.3) is 22.4 Å². The zero-order valence-corrected chi connectivity index (χ0v) is 21.4. The summed E-state index contributed by atoms with van der Waals surface area (Å²) < 4.78 is 44.7. The molecule has 1 aromatic carbocycles. The van der Waals surface area contributed by atoms with Crippen LogP contribution in [0.15, 0.2) is 67.0 Å². The monoisotopic (exact) mass is 551 g/mol. The third kappa shape index (κ3) is 6.97. The van der Waals surface area contributed by atoms with Gasteiger partial charge < -0.3 is 20.5 Å². The molecule has 0 spiro atoms. The van der Waals surface area contributed by atoms with Gasteiger partial charge in [-0.25, -0.2) is 9.97 Å². The molecule has 0 bridgehead atoms. The third-order valence-electron chi connectivity index (χ3n) is 5.62. The molecule has 0 atom stereocenters. The predicted octanol–water partition coefficient (Wildman–Crippen LogP) is 5.11. The van der Waals surface area contributed by atoms with Crippen LogP contribution in [0.5, 0.6) is 5.88 Å². The van der Waals surface area contributed by atoms with Crippen LogP contribution >= 0.6 is 0 Å². The highest BCUT2D eigenvalue weighted by atomic mass is 19.4. The van der Waals surface area contributed by atoms with Crippen LogP contribution in [0.3, 0.4) is 0 Å². The lowest BCUT2D eigenvalue weighted by atomic mass is 9.98. The van der Waals surface area contributed by atoms with Gasteiger partial charge >= 0.3 is 6.18 Å². The second-order valence-corrected chi connectivity index (χ2v) is 8.67. The van der Waals surface area contributed by atoms with Crippen molar-refractivity contribution in [2.24, 2.45) is 0 Å². The number of amides is 2. The summed E-state index contributed by atoms with van der Waals surface area (Å²) in [5.74, 6) is -0.452. The minimum atomic E-state index is -4.68. The molecule has 0 fully saturated rings. The fraction of sp³-hybridized carbons (Fsp3) is 0.179. The summed E-state index contributed by atoms with van der Waals surface area (Å²) >= 11 is 0. The Morgan fingerprint density at radius 2 is 1.73 bits per heavy atom. The van der Waals surface area contributed by atoms with Crippen molar-refractivity contribution in [2.45, 2.75) is 20.0 Å². The SMILES string of the molecule is CC(=O)Nc1cc(-c2cc(-c3cc(NC(=O)c4ccnc(C(F)(F)F)c4)ccc3C)cc(OCCO)n2)ccn1. The Balaban J connectivity index is 1.70. The quantitative estimate of drug-likeness (QED) is 0.278. The number of anilines is 2. The molecule has 40 heavy (non-hydrogen) atoms. The molecule has 3 aromatic heterocycles. The first kappa shape index (κ1) is 28.2. The van der Waals surface area contributed by atoms with E-state index in [0.29, 0.717) is 40.0 Å². The van der Waals surface area contributed by atoms with E-state index in [0.717, 1.165) is 11.8 Å². The number of ether oxygens (including phenoxy) is 1. The minimum Gasteiger partial charge on any atom is -0.475 e. The first-order valence-corrected chi connectivity index (χ1v) is 12.0. The fourth-order valence-corrected chi connectivity index (χ4v) is 3.81. The van der Waals surface area contributed by atoms with Gasteiger partial charge in [-0.15, -0.1) is 0 Å². The second-order valence-electron chi connectivity index (χ2n) is 8.67. The second kappa shape index (κ2) is 11.9. The molecule has 0 aliphatic heterocycles. The smallest absolute Gasteiger partial charge is 0.433 e. The molecular formula is C28H24F3N5O4. The van der Waals surface area contributed by atoms with E-state index in [9.17, 15) is 27.9 Å². The van der Waals surface area contributed by atoms with Gasteiger partial charge in [0.2, 0.25) is 11.8 Å². The molecule has 9 nitrogen and oxygen atoms in total. The summed E-state index contributed by atoms with van der Waals surface area (Å²) in [7, 11) is 0. The minimum absolute atomic E-state index is 0.00427. The molecule has 0 saturated carbocycles. The third-order valence-corrected chi connectivity index (χ3v) is 5.62. The molecule has 4 rings (SSSR count). The molecule has 4 aromatic rings. The fourth-order valence-electron chi connectivity index (χ4n) is 3.81. The number of nitrogens with zero attached hydrogens (tertiary/aromatic N) is 3. The van der Waals surface area contributed by atoms with Crippen molar-refractivity contribution in [3.05, 3.63) is 83.8 Å². The van der Waals surface area contributed by atoms with Crippen LogP contribution in [-0.2, 0) is 11.0 Å². The molecule has 2 amide bonds. The van der Waals surface area contributed by atoms with Crippen molar-refractivity contribution in [3.63, 3.8) is 0 Å². The molecule has 3 heterocycles. The van der Waals surface area contributed by atoms with Crippen LogP contribution in [0.1, 0.15) is 28.5 Å². The lowest BCUT2D eigenvalue weighted by Crippen LogP contribution is -2.15. The number of aliphatic hydroxyl groups excluding tert-OH is 1. The van der Waals surface area contributed by atoms with Gasteiger partial charge in [-0.2, -0.15) is 13.2 Å². The first-order valence-electron chi connectivity index (χ1n) is 12.0. The van der Waals surface area contributed by atoms with Gasteiger partial charge in [0.1, 0.15) is 18.1 Å². The number of aliphatic hydroxyl groups is 1. The van der Waals surface area contributed by atoms with E-state index in [-0.39, 0.29) is 30.6 Å². The summed E-state index contributed by atoms with van der Waals surface area (Å²) in [5, 5.41) is 14.5. The van der Waals surface area contributed by atoms with Gasteiger partial charge in [0.05, 0.1) is 12.3 Å². The summed E-state index contributed by atoms with van der Waals surface area (Å²) in [6.07, 6.45) is -2.23. The number of carbonyl (C=O) groups excluding carboxylic acids is 2. The summed E-state index contributed by atoms with van der Waals surface area (Å²) in [6.45, 7) is 3.00. The molecular weight excluding hydrogens is 527 g/mol. The van der Waals surface area contributed by atoms with E-state index in [1.807, 2.05) is 6.92 Å². The highest BCUT2D eigenvalue weighted by Gasteiger charge is 2.33. The maximum Gasteiger partial charge on any atom is 0.433 e. The first-order chi connectivity index (χ1) is 19.0. The van der Waals surface area contributed by atoms with Crippen molar-refractivity contribution < 1.29 is 32.6 Å². The Kier molecular flexibility index (Phi) is 8.39. The number of aromatic nitrogens is 3. The van der Waals surface area contributed by atoms with E-state index in [2.05, 4.69) is 25.6 Å². The van der Waals surface area contributed by atoms with Crippen molar-refractivity contribution in [1.29, 1.82) is 0 Å². The number of pyridine rings is 3. The molecule has 0 saturated heterocycles. The van der Waals surface area contributed by atoms with Crippen molar-refractivity contribution in [1.82, 2.24) is 15.0 Å². The van der Waals surface area contributed by atoms with Gasteiger partial charge in [0.25, 0.3) is 5.91 Å². The number of benzene rings is 1. The van der Waals surface area contributed by atoms with E-state index in [1.54, 1.807) is 42.5 Å². The van der Waals surface area contributed by atoms with E-state index in [4.69, 9.17) is 4.74 Å². The van der Waals surface area contributed by atoms with Gasteiger partial charge in [-0.3, -0.25) is 14.6 Å². The number of nitrogens with one attached hydrogen (secondary N) is 2. The van der Waals surface area contributed by atoms with Crippen LogP contribution in [0.4, 0.5) is 24.7 Å². The zero-order chi connectivity index (χ0) is 28.9. The average molecular weight is 552 g/mol. The van der Waals surface area contributed by atoms with Crippen molar-refractivity contribution in [2.75, 3.05) is 23.8 Å². The number of halogens is 3. The van der Waals surface area contributed by atoms with Crippen LogP contribution in [0.2, 0.25) is 0 Å². The number of aryl methyl sites for hydroxylation is 1. The number of alkyl halides is 3. The Morgan fingerprint density at radius 3 is 2.45 bits per heavy atom. The van der Waals surface area contributed by atoms with Gasteiger partial charge in [-0.1, -0.05) is 6.07 Å². The standard InChI is InChI=1S/C28H24F3N5O4/c1-16-3-4-21(35-27(39)19-6-7-32-24(12-19)28(29,30)31)15-22(16)20-11-23(36-26(14-20)40-10-9-37)18-5-8-33-25(13-18)34-17(2)38/h3-8,11-15,37H,9-10H2,1-2H3,(H,35,39)(H,33,34,38). The molecule has 0 aliphatic rings. The average Bonchev–Trinajstić information content (AvgIpc) is 2.92. The normalized spacial score (nSPS) is 11.2. The lowest BCUT2D eigenvalue weighted by Gasteiger charge is -2.14. The molecule has 0 aliphatic carbocycles. The largest absolute Gasteiger partial charge is 0.475 e. The van der Waals surface area contributed by atoms with Gasteiger partial charge in [0, 0.05) is 42.2 Å². The molecule has 0 radical (unpaired) electrons. The van der Waals surface area contributed by atoms with Crippen molar-refractivity contribution >= 4 is 23.3 Å².